The summed E-state index contributed by atoms with van der Waals surface area (Å²) in [5.41, 5.74) is 1.34. The van der Waals surface area contributed by atoms with Crippen molar-refractivity contribution in [3.63, 3.8) is 0 Å². The van der Waals surface area contributed by atoms with E-state index >= 15 is 0 Å². The number of nitrogens with zero attached hydrogens (tertiary/aromatic N) is 3. The van der Waals surface area contributed by atoms with Crippen molar-refractivity contribution in [2.45, 2.75) is 13.1 Å². The molecule has 0 bridgehead atoms. The Balaban J connectivity index is 1.75. The normalized spacial score (nSPS) is 11.3. The van der Waals surface area contributed by atoms with Gasteiger partial charge in [0.05, 0.1) is 10.6 Å². The molecule has 27 heavy (non-hydrogen) atoms. The van der Waals surface area contributed by atoms with E-state index in [9.17, 15) is 18.0 Å². The fourth-order valence-electron chi connectivity index (χ4n) is 2.21. The summed E-state index contributed by atoms with van der Waals surface area (Å²) in [5.74, 6) is -0.511. The number of hydrogen-bond donors (Lipinski definition) is 2. The topological polar surface area (TPSA) is 79.8 Å². The molecule has 0 saturated carbocycles. The molecule has 0 aliphatic carbocycles. The number of aromatic nitrogens is 3. The van der Waals surface area contributed by atoms with Crippen LogP contribution in [-0.2, 0) is 0 Å². The second kappa shape index (κ2) is 7.70. The second-order valence-electron chi connectivity index (χ2n) is 5.55. The number of carbonyl (C=O) groups is 1. The highest BCUT2D eigenvalue weighted by atomic mass is 32.1. The van der Waals surface area contributed by atoms with Gasteiger partial charge in [-0.3, -0.25) is 9.78 Å². The molecule has 0 radical (unpaired) electrons. The highest BCUT2D eigenvalue weighted by Gasteiger charge is 2.28. The van der Waals surface area contributed by atoms with Crippen LogP contribution in [0.25, 0.3) is 10.6 Å². The third-order valence-electron chi connectivity index (χ3n) is 3.32. The zero-order valence-corrected chi connectivity index (χ0v) is 14.9. The van der Waals surface area contributed by atoms with Gasteiger partial charge in [0.2, 0.25) is 0 Å². The summed E-state index contributed by atoms with van der Waals surface area (Å²) < 4.78 is 36.8. The third-order valence-corrected chi connectivity index (χ3v) is 4.26. The Hall–Kier alpha value is -3.01. The molecule has 0 saturated heterocycles. The van der Waals surface area contributed by atoms with Gasteiger partial charge in [-0.2, -0.15) is 13.2 Å². The van der Waals surface area contributed by atoms with E-state index in [-0.39, 0.29) is 5.56 Å². The Morgan fingerprint density at radius 3 is 2.74 bits per heavy atom. The molecule has 3 aromatic rings. The van der Waals surface area contributed by atoms with Crippen LogP contribution in [-0.4, -0.2) is 33.6 Å². The van der Waals surface area contributed by atoms with Crippen LogP contribution in [0, 0.1) is 6.92 Å². The van der Waals surface area contributed by atoms with Gasteiger partial charge in [0, 0.05) is 23.7 Å². The number of carbonyl (C=O) groups excluding carboxylic acids is 1. The Labute approximate surface area is 156 Å². The molecule has 0 fully saturated rings. The van der Waals surface area contributed by atoms with Gasteiger partial charge in [-0.25, -0.2) is 9.97 Å². The van der Waals surface area contributed by atoms with Crippen LogP contribution in [0.4, 0.5) is 24.1 Å². The first-order valence-corrected chi connectivity index (χ1v) is 8.60. The predicted octanol–water partition coefficient (Wildman–Crippen LogP) is 3.94. The fraction of sp³-hybridized carbons (Fsp3) is 0.176. The molecule has 0 aromatic carbocycles. The summed E-state index contributed by atoms with van der Waals surface area (Å²) in [5, 5.41) is 5.33. The molecular formula is C17H14F3N5OS. The molecule has 0 spiro atoms. The lowest BCUT2D eigenvalue weighted by molar-refractivity contribution is -0.123. The summed E-state index contributed by atoms with van der Waals surface area (Å²) in [4.78, 5) is 25.5. The van der Waals surface area contributed by atoms with Gasteiger partial charge >= 0.3 is 6.18 Å². The lowest BCUT2D eigenvalue weighted by atomic mass is 10.2. The van der Waals surface area contributed by atoms with E-state index in [1.165, 1.54) is 23.5 Å². The van der Waals surface area contributed by atoms with E-state index in [0.29, 0.717) is 16.6 Å². The molecule has 2 N–H and O–H groups in total. The number of anilines is 2. The van der Waals surface area contributed by atoms with Crippen molar-refractivity contribution in [2.24, 2.45) is 0 Å². The zero-order valence-electron chi connectivity index (χ0n) is 14.0. The van der Waals surface area contributed by atoms with Crippen LogP contribution in [0.2, 0.25) is 0 Å². The molecule has 1 amide bonds. The summed E-state index contributed by atoms with van der Waals surface area (Å²) >= 11 is 1.34. The van der Waals surface area contributed by atoms with Gasteiger partial charge < -0.3 is 10.6 Å². The maximum Gasteiger partial charge on any atom is 0.405 e. The number of aryl methyl sites for hydroxylation is 1. The molecule has 0 aliphatic heterocycles. The van der Waals surface area contributed by atoms with E-state index in [1.54, 1.807) is 19.3 Å². The van der Waals surface area contributed by atoms with E-state index in [1.807, 2.05) is 23.5 Å². The first kappa shape index (κ1) is 18.8. The maximum absolute atomic E-state index is 12.3. The Morgan fingerprint density at radius 1 is 1.22 bits per heavy atom. The maximum atomic E-state index is 12.3. The average Bonchev–Trinajstić information content (AvgIpc) is 3.08. The monoisotopic (exact) mass is 393 g/mol. The van der Waals surface area contributed by atoms with E-state index < -0.39 is 18.6 Å². The lowest BCUT2D eigenvalue weighted by Gasteiger charge is -2.10. The smallest absolute Gasteiger partial charge is 0.343 e. The first-order valence-electron chi connectivity index (χ1n) is 7.78. The van der Waals surface area contributed by atoms with Gasteiger partial charge in [-0.1, -0.05) is 17.4 Å². The number of pyridine rings is 2. The Kier molecular flexibility index (Phi) is 5.36. The van der Waals surface area contributed by atoms with Crippen LogP contribution in [0.15, 0.2) is 42.7 Å². The second-order valence-corrected chi connectivity index (χ2v) is 6.58. The summed E-state index contributed by atoms with van der Waals surface area (Å²) in [6.07, 6.45) is -1.14. The third kappa shape index (κ3) is 5.23. The van der Waals surface area contributed by atoms with Crippen LogP contribution < -0.4 is 10.6 Å². The van der Waals surface area contributed by atoms with Crippen molar-refractivity contribution < 1.29 is 18.0 Å². The van der Waals surface area contributed by atoms with Crippen molar-refractivity contribution in [1.29, 1.82) is 0 Å². The molecule has 3 rings (SSSR count). The van der Waals surface area contributed by atoms with Gasteiger partial charge in [0.1, 0.15) is 12.4 Å². The summed E-state index contributed by atoms with van der Waals surface area (Å²) in [6, 6.07) is 8.32. The average molecular weight is 393 g/mol. The predicted molar refractivity (Wildman–Crippen MR) is 96.0 cm³/mol. The number of nitrogens with one attached hydrogen (secondary N) is 2. The van der Waals surface area contributed by atoms with E-state index in [0.717, 1.165) is 10.6 Å². The number of hydrogen-bond acceptors (Lipinski definition) is 6. The quantitative estimate of drug-likeness (QED) is 0.686. The van der Waals surface area contributed by atoms with Crippen LogP contribution in [0.5, 0.6) is 0 Å². The van der Waals surface area contributed by atoms with Crippen molar-refractivity contribution in [3.05, 3.63) is 54.0 Å². The molecule has 3 aromatic heterocycles. The molecule has 140 valence electrons. The largest absolute Gasteiger partial charge is 0.405 e. The number of amides is 1. The fourth-order valence-corrected chi connectivity index (χ4v) is 3.01. The minimum atomic E-state index is -4.47. The van der Waals surface area contributed by atoms with E-state index in [4.69, 9.17) is 0 Å². The minimum absolute atomic E-state index is 0.0794. The Morgan fingerprint density at radius 2 is 2.04 bits per heavy atom. The highest BCUT2D eigenvalue weighted by molar-refractivity contribution is 7.18. The van der Waals surface area contributed by atoms with Crippen molar-refractivity contribution >= 4 is 28.2 Å². The van der Waals surface area contributed by atoms with Gasteiger partial charge in [-0.05, 0) is 31.2 Å². The summed E-state index contributed by atoms with van der Waals surface area (Å²) in [6.45, 7) is 0.253. The molecule has 0 atom stereocenters. The van der Waals surface area contributed by atoms with Crippen LogP contribution in [0.3, 0.4) is 0 Å². The van der Waals surface area contributed by atoms with Gasteiger partial charge in [0.15, 0.2) is 5.13 Å². The Bertz CT molecular complexity index is 943. The zero-order chi connectivity index (χ0) is 19.4. The van der Waals surface area contributed by atoms with Crippen molar-refractivity contribution in [1.82, 2.24) is 20.3 Å². The molecule has 10 heteroatoms. The minimum Gasteiger partial charge on any atom is -0.343 e. The number of rotatable bonds is 5. The summed E-state index contributed by atoms with van der Waals surface area (Å²) in [7, 11) is 0. The lowest BCUT2D eigenvalue weighted by Crippen LogP contribution is -2.33. The highest BCUT2D eigenvalue weighted by Crippen LogP contribution is 2.29. The molecule has 6 nitrogen and oxygen atoms in total. The molecule has 0 aliphatic rings. The van der Waals surface area contributed by atoms with Crippen molar-refractivity contribution in [2.75, 3.05) is 11.9 Å². The number of alkyl halides is 3. The molecule has 3 heterocycles. The van der Waals surface area contributed by atoms with Gasteiger partial charge in [-0.15, -0.1) is 0 Å². The van der Waals surface area contributed by atoms with Gasteiger partial charge in [0.25, 0.3) is 5.91 Å². The molecular weight excluding hydrogens is 379 g/mol. The van der Waals surface area contributed by atoms with Crippen molar-refractivity contribution in [3.8, 4) is 10.6 Å². The standard InChI is InChI=1S/C17H14F3N5OS/c1-10-6-11(15(26)23-9-17(18,19)20)7-14(24-10)25-16-22-8-13(27-16)12-4-2-3-5-21-12/h2-8H,9H2,1H3,(H,23,26)(H,22,24,25). The number of halogens is 3. The first-order chi connectivity index (χ1) is 12.8. The SMILES string of the molecule is Cc1cc(C(=O)NCC(F)(F)F)cc(Nc2ncc(-c3ccccn3)s2)n1. The van der Waals surface area contributed by atoms with Crippen LogP contribution >= 0.6 is 11.3 Å². The van der Waals surface area contributed by atoms with Crippen LogP contribution in [0.1, 0.15) is 16.1 Å². The molecule has 0 unspecified atom stereocenters. The van der Waals surface area contributed by atoms with E-state index in [2.05, 4.69) is 20.3 Å². The number of thiazole rings is 1.